The van der Waals surface area contributed by atoms with Gasteiger partial charge in [-0.05, 0) is 12.5 Å². The van der Waals surface area contributed by atoms with Gasteiger partial charge >= 0.3 is 0 Å². The molecule has 0 spiro atoms. The second-order valence-electron chi connectivity index (χ2n) is 5.88. The Bertz CT molecular complexity index is 488. The van der Waals surface area contributed by atoms with E-state index in [-0.39, 0.29) is 12.0 Å². The molecule has 22 heavy (non-hydrogen) atoms. The molecule has 0 aromatic heterocycles. The molecule has 2 fully saturated rings. The predicted octanol–water partition coefficient (Wildman–Crippen LogP) is 1.31. The van der Waals surface area contributed by atoms with Crippen molar-refractivity contribution in [3.8, 4) is 0 Å². The summed E-state index contributed by atoms with van der Waals surface area (Å²) in [4.78, 5) is 16.8. The van der Waals surface area contributed by atoms with Crippen LogP contribution in [0.3, 0.4) is 0 Å². The van der Waals surface area contributed by atoms with Crippen LogP contribution >= 0.6 is 0 Å². The molecule has 2 atom stereocenters. The van der Waals surface area contributed by atoms with Crippen LogP contribution in [0.15, 0.2) is 30.3 Å². The van der Waals surface area contributed by atoms with Crippen LogP contribution < -0.4 is 0 Å². The van der Waals surface area contributed by atoms with Crippen molar-refractivity contribution >= 4 is 5.91 Å². The lowest BCUT2D eigenvalue weighted by atomic mass is 10.1. The molecule has 0 bridgehead atoms. The van der Waals surface area contributed by atoms with Gasteiger partial charge in [0.1, 0.15) is 6.10 Å². The largest absolute Gasteiger partial charge is 0.378 e. The smallest absolute Gasteiger partial charge is 0.253 e. The molecule has 1 aromatic rings. The van der Waals surface area contributed by atoms with Gasteiger partial charge in [0.2, 0.25) is 0 Å². The van der Waals surface area contributed by atoms with Crippen LogP contribution in [-0.4, -0.2) is 67.8 Å². The third-order valence-electron chi connectivity index (χ3n) is 4.53. The zero-order chi connectivity index (χ0) is 15.4. The highest BCUT2D eigenvalue weighted by atomic mass is 16.5. The van der Waals surface area contributed by atoms with Gasteiger partial charge in [0.15, 0.2) is 0 Å². The first kappa shape index (κ1) is 15.5. The summed E-state index contributed by atoms with van der Waals surface area (Å²) in [6, 6.07) is 10.7. The molecule has 2 aliphatic rings. The van der Waals surface area contributed by atoms with Crippen molar-refractivity contribution in [2.75, 3.05) is 46.0 Å². The van der Waals surface area contributed by atoms with Crippen LogP contribution in [0.25, 0.3) is 0 Å². The summed E-state index contributed by atoms with van der Waals surface area (Å²) in [5.41, 5.74) is 1.28. The minimum atomic E-state index is -0.349. The Labute approximate surface area is 131 Å². The van der Waals surface area contributed by atoms with Crippen molar-refractivity contribution in [2.24, 2.45) is 0 Å². The van der Waals surface area contributed by atoms with Gasteiger partial charge in [-0.3, -0.25) is 9.69 Å². The first-order chi connectivity index (χ1) is 10.8. The SMILES string of the molecule is CC(c1ccccc1)N1CCOC(C(=O)N2CCOCC2)C1. The van der Waals surface area contributed by atoms with E-state index >= 15 is 0 Å². The van der Waals surface area contributed by atoms with Gasteiger partial charge in [-0.1, -0.05) is 30.3 Å². The molecule has 120 valence electrons. The van der Waals surface area contributed by atoms with E-state index in [0.29, 0.717) is 45.5 Å². The van der Waals surface area contributed by atoms with Crippen molar-refractivity contribution in [2.45, 2.75) is 19.1 Å². The van der Waals surface area contributed by atoms with Crippen molar-refractivity contribution in [3.05, 3.63) is 35.9 Å². The highest BCUT2D eigenvalue weighted by Gasteiger charge is 2.32. The fourth-order valence-electron chi connectivity index (χ4n) is 3.10. The average Bonchev–Trinajstić information content (AvgIpc) is 2.62. The zero-order valence-corrected chi connectivity index (χ0v) is 13.1. The lowest BCUT2D eigenvalue weighted by Gasteiger charge is -2.38. The van der Waals surface area contributed by atoms with Crippen LogP contribution in [0.2, 0.25) is 0 Å². The fraction of sp³-hybridized carbons (Fsp3) is 0.588. The van der Waals surface area contributed by atoms with Gasteiger partial charge in [0, 0.05) is 32.2 Å². The number of benzene rings is 1. The van der Waals surface area contributed by atoms with Gasteiger partial charge in [0.05, 0.1) is 19.8 Å². The first-order valence-electron chi connectivity index (χ1n) is 8.03. The summed E-state index contributed by atoms with van der Waals surface area (Å²) in [6.45, 7) is 6.93. The van der Waals surface area contributed by atoms with E-state index in [1.807, 2.05) is 11.0 Å². The van der Waals surface area contributed by atoms with Crippen LogP contribution in [0.4, 0.5) is 0 Å². The second-order valence-corrected chi connectivity index (χ2v) is 5.88. The van der Waals surface area contributed by atoms with E-state index in [0.717, 1.165) is 6.54 Å². The topological polar surface area (TPSA) is 42.0 Å². The molecule has 2 aliphatic heterocycles. The number of carbonyl (C=O) groups excluding carboxylic acids is 1. The first-order valence-corrected chi connectivity index (χ1v) is 8.03. The third-order valence-corrected chi connectivity index (χ3v) is 4.53. The van der Waals surface area contributed by atoms with Crippen molar-refractivity contribution in [1.82, 2.24) is 9.80 Å². The Balaban J connectivity index is 1.62. The van der Waals surface area contributed by atoms with E-state index in [2.05, 4.69) is 36.1 Å². The normalized spacial score (nSPS) is 25.0. The molecule has 1 aromatic carbocycles. The monoisotopic (exact) mass is 304 g/mol. The molecule has 2 heterocycles. The van der Waals surface area contributed by atoms with Gasteiger partial charge < -0.3 is 14.4 Å². The van der Waals surface area contributed by atoms with Gasteiger partial charge in [-0.25, -0.2) is 0 Å². The zero-order valence-electron chi connectivity index (χ0n) is 13.1. The second kappa shape index (κ2) is 7.22. The number of nitrogens with zero attached hydrogens (tertiary/aromatic N) is 2. The molecule has 2 saturated heterocycles. The van der Waals surface area contributed by atoms with Gasteiger partial charge in [0.25, 0.3) is 5.91 Å². The lowest BCUT2D eigenvalue weighted by molar-refractivity contribution is -0.154. The minimum absolute atomic E-state index is 0.105. The molecular weight excluding hydrogens is 280 g/mol. The van der Waals surface area contributed by atoms with Crippen LogP contribution in [-0.2, 0) is 14.3 Å². The van der Waals surface area contributed by atoms with Crippen LogP contribution in [0, 0.1) is 0 Å². The highest BCUT2D eigenvalue weighted by Crippen LogP contribution is 2.23. The summed E-state index contributed by atoms with van der Waals surface area (Å²) >= 11 is 0. The number of rotatable bonds is 3. The summed E-state index contributed by atoms with van der Waals surface area (Å²) in [7, 11) is 0. The fourth-order valence-corrected chi connectivity index (χ4v) is 3.10. The highest BCUT2D eigenvalue weighted by molar-refractivity contribution is 5.81. The summed E-state index contributed by atoms with van der Waals surface area (Å²) < 4.78 is 11.0. The molecule has 0 aliphatic carbocycles. The Morgan fingerprint density at radius 1 is 1.14 bits per heavy atom. The standard InChI is InChI=1S/C17H24N2O3/c1-14(15-5-3-2-4-6-15)19-9-12-22-16(13-19)17(20)18-7-10-21-11-8-18/h2-6,14,16H,7-13H2,1H3. The van der Waals surface area contributed by atoms with Crippen molar-refractivity contribution in [3.63, 3.8) is 0 Å². The Hall–Kier alpha value is -1.43. The molecule has 0 saturated carbocycles. The number of amides is 1. The Kier molecular flexibility index (Phi) is 5.08. The molecular formula is C17H24N2O3. The summed E-state index contributed by atoms with van der Waals surface area (Å²) in [5, 5.41) is 0. The minimum Gasteiger partial charge on any atom is -0.378 e. The maximum Gasteiger partial charge on any atom is 0.253 e. The maximum absolute atomic E-state index is 12.6. The molecule has 0 N–H and O–H groups in total. The molecule has 2 unspecified atom stereocenters. The predicted molar refractivity (Wildman–Crippen MR) is 83.6 cm³/mol. The number of carbonyl (C=O) groups is 1. The van der Waals surface area contributed by atoms with Crippen molar-refractivity contribution in [1.29, 1.82) is 0 Å². The molecule has 0 radical (unpaired) electrons. The molecule has 5 nitrogen and oxygen atoms in total. The molecule has 5 heteroatoms. The lowest BCUT2D eigenvalue weighted by Crippen LogP contribution is -2.53. The van der Waals surface area contributed by atoms with E-state index in [1.54, 1.807) is 0 Å². The number of hydrogen-bond acceptors (Lipinski definition) is 4. The summed E-state index contributed by atoms with van der Waals surface area (Å²) in [6.07, 6.45) is -0.349. The average molecular weight is 304 g/mol. The van der Waals surface area contributed by atoms with Crippen LogP contribution in [0.5, 0.6) is 0 Å². The van der Waals surface area contributed by atoms with E-state index < -0.39 is 0 Å². The Morgan fingerprint density at radius 2 is 1.86 bits per heavy atom. The maximum atomic E-state index is 12.6. The quantitative estimate of drug-likeness (QED) is 0.844. The molecule has 1 amide bonds. The third kappa shape index (κ3) is 3.48. The summed E-state index contributed by atoms with van der Waals surface area (Å²) in [5.74, 6) is 0.105. The van der Waals surface area contributed by atoms with E-state index in [1.165, 1.54) is 5.56 Å². The number of hydrogen-bond donors (Lipinski definition) is 0. The van der Waals surface area contributed by atoms with Gasteiger partial charge in [-0.15, -0.1) is 0 Å². The Morgan fingerprint density at radius 3 is 2.59 bits per heavy atom. The van der Waals surface area contributed by atoms with E-state index in [4.69, 9.17) is 9.47 Å². The number of morpholine rings is 2. The van der Waals surface area contributed by atoms with E-state index in [9.17, 15) is 4.79 Å². The molecule has 3 rings (SSSR count). The number of ether oxygens (including phenoxy) is 2. The van der Waals surface area contributed by atoms with Crippen LogP contribution in [0.1, 0.15) is 18.5 Å². The van der Waals surface area contributed by atoms with Crippen molar-refractivity contribution < 1.29 is 14.3 Å². The van der Waals surface area contributed by atoms with Gasteiger partial charge in [-0.2, -0.15) is 0 Å².